The first-order valence-electron chi connectivity index (χ1n) is 9.56. The van der Waals surface area contributed by atoms with Crippen molar-refractivity contribution in [2.24, 2.45) is 0 Å². The fourth-order valence-corrected chi connectivity index (χ4v) is 4.43. The zero-order valence-electron chi connectivity index (χ0n) is 17.0. The number of benzene rings is 2. The number of ether oxygens (including phenoxy) is 1. The maximum Gasteiger partial charge on any atom is 0.324 e. The summed E-state index contributed by atoms with van der Waals surface area (Å²) in [7, 11) is -3.95. The Bertz CT molecular complexity index is 953. The summed E-state index contributed by atoms with van der Waals surface area (Å²) in [4.78, 5) is 24.4. The van der Waals surface area contributed by atoms with Gasteiger partial charge in [-0.25, -0.2) is 8.42 Å². The van der Waals surface area contributed by atoms with Gasteiger partial charge in [0.05, 0.1) is 4.90 Å². The molecule has 0 unspecified atom stereocenters. The van der Waals surface area contributed by atoms with Crippen LogP contribution in [0.25, 0.3) is 0 Å². The van der Waals surface area contributed by atoms with Gasteiger partial charge in [0.15, 0.2) is 6.61 Å². The highest BCUT2D eigenvalue weighted by Gasteiger charge is 2.27. The number of nitrogens with one attached hydrogen (secondary N) is 2. The smallest absolute Gasteiger partial charge is 0.324 e. The fraction of sp³-hybridized carbons (Fsp3) is 0.333. The molecular weight excluding hydrogens is 460 g/mol. The van der Waals surface area contributed by atoms with Crippen LogP contribution in [0.15, 0.2) is 59.5 Å². The van der Waals surface area contributed by atoms with E-state index in [2.05, 4.69) is 10.0 Å². The zero-order valence-corrected chi connectivity index (χ0v) is 19.4. The van der Waals surface area contributed by atoms with Gasteiger partial charge in [0.1, 0.15) is 6.04 Å². The third kappa shape index (κ3) is 8.90. The highest BCUT2D eigenvalue weighted by Crippen LogP contribution is 2.15. The van der Waals surface area contributed by atoms with Gasteiger partial charge >= 0.3 is 5.97 Å². The van der Waals surface area contributed by atoms with Gasteiger partial charge in [0.2, 0.25) is 10.0 Å². The number of hydrogen-bond donors (Lipinski definition) is 2. The third-order valence-electron chi connectivity index (χ3n) is 4.24. The van der Waals surface area contributed by atoms with E-state index in [1.165, 1.54) is 36.0 Å². The van der Waals surface area contributed by atoms with Gasteiger partial charge in [-0.15, -0.1) is 0 Å². The maximum atomic E-state index is 12.6. The topological polar surface area (TPSA) is 102 Å². The van der Waals surface area contributed by atoms with Crippen molar-refractivity contribution < 1.29 is 22.7 Å². The van der Waals surface area contributed by atoms with Crippen LogP contribution in [0.1, 0.15) is 12.0 Å². The van der Waals surface area contributed by atoms with Crippen molar-refractivity contribution in [1.82, 2.24) is 10.0 Å². The van der Waals surface area contributed by atoms with Crippen molar-refractivity contribution in [3.63, 3.8) is 0 Å². The number of carbonyl (C=O) groups excluding carboxylic acids is 2. The Kier molecular flexibility index (Phi) is 10.3. The average Bonchev–Trinajstić information content (AvgIpc) is 2.76. The summed E-state index contributed by atoms with van der Waals surface area (Å²) >= 11 is 7.26. The average molecular weight is 485 g/mol. The number of amides is 1. The van der Waals surface area contributed by atoms with E-state index in [1.807, 2.05) is 36.6 Å². The minimum atomic E-state index is -3.95. The van der Waals surface area contributed by atoms with Crippen LogP contribution in [0.4, 0.5) is 0 Å². The molecule has 2 aromatic carbocycles. The molecule has 2 rings (SSSR count). The van der Waals surface area contributed by atoms with Gasteiger partial charge < -0.3 is 10.1 Å². The molecule has 0 fully saturated rings. The molecule has 1 amide bonds. The van der Waals surface area contributed by atoms with Crippen molar-refractivity contribution in [3.05, 3.63) is 65.2 Å². The van der Waals surface area contributed by atoms with Crippen LogP contribution in [0, 0.1) is 0 Å². The van der Waals surface area contributed by atoms with Gasteiger partial charge in [0, 0.05) is 11.6 Å². The first-order valence-corrected chi connectivity index (χ1v) is 12.8. The normalized spacial score (nSPS) is 12.2. The van der Waals surface area contributed by atoms with E-state index in [0.29, 0.717) is 23.7 Å². The van der Waals surface area contributed by atoms with Crippen LogP contribution in [-0.4, -0.2) is 51.5 Å². The van der Waals surface area contributed by atoms with Gasteiger partial charge in [-0.05, 0) is 54.7 Å². The number of esters is 1. The fourth-order valence-electron chi connectivity index (χ4n) is 2.61. The van der Waals surface area contributed by atoms with E-state index in [1.54, 1.807) is 0 Å². The molecule has 2 N–H and O–H groups in total. The van der Waals surface area contributed by atoms with Crippen molar-refractivity contribution in [2.75, 3.05) is 25.2 Å². The number of rotatable bonds is 12. The van der Waals surface area contributed by atoms with Crippen molar-refractivity contribution in [2.45, 2.75) is 23.8 Å². The summed E-state index contributed by atoms with van der Waals surface area (Å²) in [5, 5.41) is 3.08. The zero-order chi connectivity index (χ0) is 22.7. The number of hydrogen-bond acceptors (Lipinski definition) is 6. The Hall–Kier alpha value is -2.07. The first-order chi connectivity index (χ1) is 14.8. The van der Waals surface area contributed by atoms with Crippen LogP contribution in [-0.2, 0) is 30.8 Å². The summed E-state index contributed by atoms with van der Waals surface area (Å²) < 4.78 is 32.6. The van der Waals surface area contributed by atoms with E-state index in [0.717, 1.165) is 5.56 Å². The summed E-state index contributed by atoms with van der Waals surface area (Å²) in [5.41, 5.74) is 1.08. The molecule has 168 valence electrons. The summed E-state index contributed by atoms with van der Waals surface area (Å²) in [6, 6.07) is 14.1. The quantitative estimate of drug-likeness (QED) is 0.449. The second kappa shape index (κ2) is 12.7. The van der Waals surface area contributed by atoms with Crippen molar-refractivity contribution in [3.8, 4) is 0 Å². The standard InChI is InChI=1S/C21H25ClN2O5S2/c1-30-14-12-19(24-31(27,28)18-9-7-17(22)8-10-18)21(26)29-15-20(25)23-13-11-16-5-3-2-4-6-16/h2-10,19,24H,11-15H2,1H3,(H,23,25)/t19-/m1/s1. The number of thioether (sulfide) groups is 1. The number of sulfonamides is 1. The molecule has 7 nitrogen and oxygen atoms in total. The first kappa shape index (κ1) is 25.2. The van der Waals surface area contributed by atoms with Crippen molar-refractivity contribution in [1.29, 1.82) is 0 Å². The van der Waals surface area contributed by atoms with Crippen LogP contribution < -0.4 is 10.0 Å². The number of carbonyl (C=O) groups is 2. The number of halogens is 1. The minimum Gasteiger partial charge on any atom is -0.454 e. The minimum absolute atomic E-state index is 0.0162. The van der Waals surface area contributed by atoms with Crippen LogP contribution in [0.2, 0.25) is 5.02 Å². The second-order valence-electron chi connectivity index (χ2n) is 6.60. The molecular formula is C21H25ClN2O5S2. The molecule has 0 aliphatic carbocycles. The Labute approximate surface area is 191 Å². The van der Waals surface area contributed by atoms with Gasteiger partial charge in [0.25, 0.3) is 5.91 Å². The molecule has 0 aliphatic heterocycles. The monoisotopic (exact) mass is 484 g/mol. The van der Waals surface area contributed by atoms with E-state index in [-0.39, 0.29) is 11.3 Å². The largest absolute Gasteiger partial charge is 0.454 e. The lowest BCUT2D eigenvalue weighted by atomic mass is 10.1. The Balaban J connectivity index is 1.88. The molecule has 10 heteroatoms. The Morgan fingerprint density at radius 2 is 1.77 bits per heavy atom. The molecule has 0 saturated carbocycles. The second-order valence-corrected chi connectivity index (χ2v) is 9.74. The third-order valence-corrected chi connectivity index (χ3v) is 6.62. The van der Waals surface area contributed by atoms with E-state index < -0.39 is 34.5 Å². The molecule has 2 aromatic rings. The SMILES string of the molecule is CSCC[C@@H](NS(=O)(=O)c1ccc(Cl)cc1)C(=O)OCC(=O)NCCc1ccccc1. The van der Waals surface area contributed by atoms with Crippen LogP contribution in [0.5, 0.6) is 0 Å². The summed E-state index contributed by atoms with van der Waals surface area (Å²) in [5.74, 6) is -0.718. The predicted octanol–water partition coefficient (Wildman–Crippen LogP) is 2.64. The van der Waals surface area contributed by atoms with Gasteiger partial charge in [-0.3, -0.25) is 9.59 Å². The Morgan fingerprint density at radius 1 is 1.10 bits per heavy atom. The molecule has 0 heterocycles. The van der Waals surface area contributed by atoms with E-state index in [4.69, 9.17) is 16.3 Å². The predicted molar refractivity (Wildman–Crippen MR) is 123 cm³/mol. The Morgan fingerprint density at radius 3 is 2.42 bits per heavy atom. The maximum absolute atomic E-state index is 12.6. The molecule has 0 aromatic heterocycles. The van der Waals surface area contributed by atoms with Crippen LogP contribution >= 0.6 is 23.4 Å². The van der Waals surface area contributed by atoms with Gasteiger partial charge in [-0.1, -0.05) is 41.9 Å². The molecule has 0 radical (unpaired) electrons. The molecule has 0 bridgehead atoms. The van der Waals surface area contributed by atoms with E-state index >= 15 is 0 Å². The lowest BCUT2D eigenvalue weighted by molar-refractivity contribution is -0.150. The summed E-state index contributed by atoms with van der Waals surface area (Å²) in [6.45, 7) is -0.0778. The van der Waals surface area contributed by atoms with Crippen LogP contribution in [0.3, 0.4) is 0 Å². The lowest BCUT2D eigenvalue weighted by Gasteiger charge is -2.17. The molecule has 0 aliphatic rings. The highest BCUT2D eigenvalue weighted by atomic mass is 35.5. The highest BCUT2D eigenvalue weighted by molar-refractivity contribution is 7.98. The molecule has 0 saturated heterocycles. The van der Waals surface area contributed by atoms with Gasteiger partial charge in [-0.2, -0.15) is 16.5 Å². The molecule has 0 spiro atoms. The molecule has 1 atom stereocenters. The van der Waals surface area contributed by atoms with Crippen molar-refractivity contribution >= 4 is 45.3 Å². The lowest BCUT2D eigenvalue weighted by Crippen LogP contribution is -2.43. The molecule has 31 heavy (non-hydrogen) atoms. The summed E-state index contributed by atoms with van der Waals surface area (Å²) in [6.07, 6.45) is 2.72. The van der Waals surface area contributed by atoms with E-state index in [9.17, 15) is 18.0 Å².